The molecule has 1 aromatic rings. The van der Waals surface area contributed by atoms with Gasteiger partial charge in [-0.2, -0.15) is 5.10 Å². The maximum absolute atomic E-state index is 11.3. The van der Waals surface area contributed by atoms with Gasteiger partial charge in [0.2, 0.25) is 5.78 Å². The average molecular weight is 194 g/mol. The summed E-state index contributed by atoms with van der Waals surface area (Å²) in [6.45, 7) is 1.15. The molecule has 0 spiro atoms. The number of hydrogen-bond acceptors (Lipinski definition) is 4. The van der Waals surface area contributed by atoms with Gasteiger partial charge in [0.15, 0.2) is 11.6 Å². The van der Waals surface area contributed by atoms with Gasteiger partial charge >= 0.3 is 0 Å². The first-order valence-electron chi connectivity index (χ1n) is 4.07. The number of rotatable bonds is 4. The van der Waals surface area contributed by atoms with Crippen molar-refractivity contribution in [2.24, 2.45) is 7.05 Å². The number of carbonyl (C=O) groups is 3. The van der Waals surface area contributed by atoms with Gasteiger partial charge in [-0.05, 0) is 6.07 Å². The molecule has 0 aromatic carbocycles. The zero-order chi connectivity index (χ0) is 10.7. The second-order valence-electron chi connectivity index (χ2n) is 2.95. The highest BCUT2D eigenvalue weighted by atomic mass is 16.2. The van der Waals surface area contributed by atoms with Crippen LogP contribution in [0.4, 0.5) is 0 Å². The van der Waals surface area contributed by atoms with Crippen LogP contribution in [0.5, 0.6) is 0 Å². The molecular formula is C9H10N2O3. The van der Waals surface area contributed by atoms with Crippen molar-refractivity contribution in [3.8, 4) is 0 Å². The average Bonchev–Trinajstić information content (AvgIpc) is 2.51. The van der Waals surface area contributed by atoms with E-state index in [0.717, 1.165) is 6.92 Å². The van der Waals surface area contributed by atoms with Crippen LogP contribution in [-0.4, -0.2) is 27.1 Å². The summed E-state index contributed by atoms with van der Waals surface area (Å²) in [6.07, 6.45) is 1.21. The third kappa shape index (κ3) is 2.35. The van der Waals surface area contributed by atoms with Gasteiger partial charge in [0.25, 0.3) is 0 Å². The maximum Gasteiger partial charge on any atom is 0.205 e. The van der Waals surface area contributed by atoms with Crippen LogP contribution in [0.2, 0.25) is 0 Å². The Morgan fingerprint density at radius 1 is 1.43 bits per heavy atom. The van der Waals surface area contributed by atoms with Crippen LogP contribution >= 0.6 is 0 Å². The van der Waals surface area contributed by atoms with Gasteiger partial charge in [0.05, 0.1) is 6.42 Å². The van der Waals surface area contributed by atoms with Crippen LogP contribution in [0.15, 0.2) is 12.3 Å². The molecule has 0 atom stereocenters. The van der Waals surface area contributed by atoms with E-state index in [9.17, 15) is 14.4 Å². The van der Waals surface area contributed by atoms with Crippen LogP contribution in [-0.2, 0) is 16.6 Å². The predicted octanol–water partition coefficient (Wildman–Crippen LogP) is 0.151. The molecule has 0 fully saturated rings. The lowest BCUT2D eigenvalue weighted by Gasteiger charge is -1.93. The van der Waals surface area contributed by atoms with Crippen molar-refractivity contribution in [2.75, 3.05) is 0 Å². The SMILES string of the molecule is CC(=O)C(=O)CC(=O)c1ccn(C)n1. The lowest BCUT2D eigenvalue weighted by molar-refractivity contribution is -0.134. The molecule has 0 unspecified atom stereocenters. The Labute approximate surface area is 80.7 Å². The summed E-state index contributed by atoms with van der Waals surface area (Å²) in [6, 6.07) is 1.51. The largest absolute Gasteiger partial charge is 0.292 e. The Morgan fingerprint density at radius 3 is 2.50 bits per heavy atom. The molecule has 74 valence electrons. The fourth-order valence-corrected chi connectivity index (χ4v) is 0.925. The molecule has 0 aliphatic carbocycles. The molecule has 0 aliphatic heterocycles. The highest BCUT2D eigenvalue weighted by Gasteiger charge is 2.16. The summed E-state index contributed by atoms with van der Waals surface area (Å²) in [5, 5.41) is 3.83. The van der Waals surface area contributed by atoms with Crippen LogP contribution in [0.3, 0.4) is 0 Å². The van der Waals surface area contributed by atoms with E-state index in [1.807, 2.05) is 0 Å². The first kappa shape index (κ1) is 10.3. The first-order chi connectivity index (χ1) is 6.50. The second-order valence-corrected chi connectivity index (χ2v) is 2.95. The minimum Gasteiger partial charge on any atom is -0.292 e. The molecule has 0 amide bonds. The summed E-state index contributed by atoms with van der Waals surface area (Å²) in [7, 11) is 1.67. The number of carbonyl (C=O) groups excluding carboxylic acids is 3. The Hall–Kier alpha value is -1.78. The van der Waals surface area contributed by atoms with Crippen LogP contribution in [0, 0.1) is 0 Å². The summed E-state index contributed by atoms with van der Waals surface area (Å²) in [4.78, 5) is 32.8. The molecule has 0 aliphatic rings. The third-order valence-corrected chi connectivity index (χ3v) is 1.71. The predicted molar refractivity (Wildman–Crippen MR) is 47.8 cm³/mol. The number of aromatic nitrogens is 2. The standard InChI is InChI=1S/C9H10N2O3/c1-6(12)8(13)5-9(14)7-3-4-11(2)10-7/h3-4H,5H2,1-2H3. The van der Waals surface area contributed by atoms with Crippen molar-refractivity contribution < 1.29 is 14.4 Å². The van der Waals surface area contributed by atoms with E-state index in [1.54, 1.807) is 13.2 Å². The Balaban J connectivity index is 2.68. The number of aryl methyl sites for hydroxylation is 1. The number of nitrogens with zero attached hydrogens (tertiary/aromatic N) is 2. The van der Waals surface area contributed by atoms with Gasteiger partial charge in [-0.25, -0.2) is 0 Å². The fourth-order valence-electron chi connectivity index (χ4n) is 0.925. The molecule has 1 aromatic heterocycles. The Morgan fingerprint density at radius 2 is 2.07 bits per heavy atom. The quantitative estimate of drug-likeness (QED) is 0.388. The summed E-state index contributed by atoms with van der Waals surface area (Å²) in [5.41, 5.74) is 0.210. The molecule has 5 heteroatoms. The minimum absolute atomic E-state index is 0.210. The van der Waals surface area contributed by atoms with E-state index in [1.165, 1.54) is 10.7 Å². The highest BCUT2D eigenvalue weighted by Crippen LogP contribution is 2.00. The number of Topliss-reactive ketones (excluding diaryl/α,β-unsaturated/α-hetero) is 3. The summed E-state index contributed by atoms with van der Waals surface area (Å²) >= 11 is 0. The van der Waals surface area contributed by atoms with E-state index in [0.29, 0.717) is 0 Å². The van der Waals surface area contributed by atoms with Gasteiger partial charge in [-0.3, -0.25) is 19.1 Å². The van der Waals surface area contributed by atoms with Gasteiger partial charge in [0.1, 0.15) is 5.69 Å². The van der Waals surface area contributed by atoms with Crippen molar-refractivity contribution in [3.63, 3.8) is 0 Å². The van der Waals surface area contributed by atoms with Gasteiger partial charge < -0.3 is 0 Å². The molecule has 0 bridgehead atoms. The molecule has 0 radical (unpaired) electrons. The zero-order valence-corrected chi connectivity index (χ0v) is 7.98. The Bertz CT molecular complexity index is 393. The van der Waals surface area contributed by atoms with Crippen molar-refractivity contribution in [1.29, 1.82) is 0 Å². The van der Waals surface area contributed by atoms with Crippen molar-refractivity contribution in [2.45, 2.75) is 13.3 Å². The molecule has 5 nitrogen and oxygen atoms in total. The summed E-state index contributed by atoms with van der Waals surface area (Å²) < 4.78 is 1.46. The normalized spacial score (nSPS) is 9.86. The Kier molecular flexibility index (Phi) is 2.91. The molecule has 1 heterocycles. The zero-order valence-electron chi connectivity index (χ0n) is 7.98. The monoisotopic (exact) mass is 194 g/mol. The van der Waals surface area contributed by atoms with Crippen molar-refractivity contribution in [1.82, 2.24) is 9.78 Å². The lowest BCUT2D eigenvalue weighted by Crippen LogP contribution is -2.15. The minimum atomic E-state index is -0.680. The van der Waals surface area contributed by atoms with Crippen LogP contribution in [0.1, 0.15) is 23.8 Å². The van der Waals surface area contributed by atoms with Gasteiger partial charge in [-0.15, -0.1) is 0 Å². The molecule has 0 saturated heterocycles. The molecule has 0 saturated carbocycles. The van der Waals surface area contributed by atoms with E-state index >= 15 is 0 Å². The molecule has 1 rings (SSSR count). The first-order valence-corrected chi connectivity index (χ1v) is 4.07. The molecule has 14 heavy (non-hydrogen) atoms. The fraction of sp³-hybridized carbons (Fsp3) is 0.333. The van der Waals surface area contributed by atoms with Crippen molar-refractivity contribution in [3.05, 3.63) is 18.0 Å². The maximum atomic E-state index is 11.3. The number of hydrogen-bond donors (Lipinski definition) is 0. The van der Waals surface area contributed by atoms with Gasteiger partial charge in [-0.1, -0.05) is 0 Å². The topological polar surface area (TPSA) is 69.0 Å². The van der Waals surface area contributed by atoms with E-state index in [2.05, 4.69) is 5.10 Å². The molecule has 0 N–H and O–H groups in total. The van der Waals surface area contributed by atoms with Crippen molar-refractivity contribution >= 4 is 17.3 Å². The van der Waals surface area contributed by atoms with Gasteiger partial charge in [0, 0.05) is 20.2 Å². The number of ketones is 3. The van der Waals surface area contributed by atoms with E-state index < -0.39 is 23.8 Å². The lowest BCUT2D eigenvalue weighted by atomic mass is 10.1. The van der Waals surface area contributed by atoms with Crippen LogP contribution in [0.25, 0.3) is 0 Å². The third-order valence-electron chi connectivity index (χ3n) is 1.71. The van der Waals surface area contributed by atoms with E-state index in [-0.39, 0.29) is 5.69 Å². The summed E-state index contributed by atoms with van der Waals surface area (Å²) in [5.74, 6) is -1.71. The smallest absolute Gasteiger partial charge is 0.205 e. The van der Waals surface area contributed by atoms with E-state index in [4.69, 9.17) is 0 Å². The van der Waals surface area contributed by atoms with Crippen LogP contribution < -0.4 is 0 Å². The highest BCUT2D eigenvalue weighted by molar-refractivity contribution is 6.40. The second kappa shape index (κ2) is 3.95. The molecular weight excluding hydrogens is 184 g/mol.